The molecule has 2 aliphatic rings. The average molecular weight is 291 g/mol. The Kier molecular flexibility index (Phi) is 2.92. The van der Waals surface area contributed by atoms with E-state index in [1.807, 2.05) is 6.07 Å². The van der Waals surface area contributed by atoms with Gasteiger partial charge in [-0.3, -0.25) is 0 Å². The van der Waals surface area contributed by atoms with E-state index in [0.29, 0.717) is 0 Å². The van der Waals surface area contributed by atoms with Gasteiger partial charge in [-0.15, -0.1) is 0 Å². The zero-order valence-corrected chi connectivity index (χ0v) is 13.1. The second-order valence-electron chi connectivity index (χ2n) is 6.58. The van der Waals surface area contributed by atoms with E-state index in [1.165, 1.54) is 16.8 Å². The Morgan fingerprint density at radius 3 is 2.55 bits per heavy atom. The molecule has 0 aliphatic carbocycles. The molecule has 1 unspecified atom stereocenters. The molecule has 2 heteroatoms. The highest BCUT2D eigenvalue weighted by Gasteiger charge is 2.58. The highest BCUT2D eigenvalue weighted by atomic mass is 16.5. The van der Waals surface area contributed by atoms with Gasteiger partial charge in [0.2, 0.25) is 0 Å². The van der Waals surface area contributed by atoms with Crippen LogP contribution >= 0.6 is 0 Å². The van der Waals surface area contributed by atoms with Crippen LogP contribution in [-0.4, -0.2) is 18.9 Å². The molecule has 0 N–H and O–H groups in total. The number of benzene rings is 2. The maximum absolute atomic E-state index is 6.32. The van der Waals surface area contributed by atoms with Gasteiger partial charge in [0.05, 0.1) is 6.61 Å². The molecule has 4 rings (SSSR count). The molecular weight excluding hydrogens is 270 g/mol. The van der Waals surface area contributed by atoms with Crippen LogP contribution in [0.5, 0.6) is 0 Å². The first-order valence-corrected chi connectivity index (χ1v) is 7.90. The van der Waals surface area contributed by atoms with Crippen molar-refractivity contribution >= 4 is 11.8 Å². The Bertz CT molecular complexity index is 719. The van der Waals surface area contributed by atoms with Gasteiger partial charge in [0, 0.05) is 17.6 Å². The molecule has 2 aromatic rings. The first kappa shape index (κ1) is 13.6. The fourth-order valence-corrected chi connectivity index (χ4v) is 3.90. The molecular formula is C20H21NO. The van der Waals surface area contributed by atoms with E-state index < -0.39 is 0 Å². The monoisotopic (exact) mass is 291 g/mol. The minimum Gasteiger partial charge on any atom is -0.349 e. The molecule has 22 heavy (non-hydrogen) atoms. The van der Waals surface area contributed by atoms with E-state index in [2.05, 4.69) is 79.4 Å². The summed E-state index contributed by atoms with van der Waals surface area (Å²) in [7, 11) is 0. The summed E-state index contributed by atoms with van der Waals surface area (Å²) in [6.07, 6.45) is 4.43. The fraction of sp³-hybridized carbons (Fsp3) is 0.300. The number of para-hydroxylation sites is 1. The van der Waals surface area contributed by atoms with E-state index in [4.69, 9.17) is 4.74 Å². The van der Waals surface area contributed by atoms with Crippen LogP contribution in [-0.2, 0) is 10.2 Å². The quantitative estimate of drug-likeness (QED) is 0.821. The van der Waals surface area contributed by atoms with Gasteiger partial charge in [0.25, 0.3) is 0 Å². The molecule has 0 bridgehead atoms. The van der Waals surface area contributed by atoms with Crippen LogP contribution in [0.15, 0.2) is 60.7 Å². The van der Waals surface area contributed by atoms with Crippen LogP contribution in [0.3, 0.4) is 0 Å². The number of hydrogen-bond acceptors (Lipinski definition) is 2. The number of nitrogens with zero attached hydrogens (tertiary/aromatic N) is 1. The van der Waals surface area contributed by atoms with Gasteiger partial charge in [0.15, 0.2) is 5.72 Å². The van der Waals surface area contributed by atoms with Gasteiger partial charge in [-0.05, 0) is 23.3 Å². The molecule has 0 radical (unpaired) electrons. The number of fused-ring (bicyclic) bond motifs is 3. The van der Waals surface area contributed by atoms with Gasteiger partial charge in [-0.25, -0.2) is 0 Å². The summed E-state index contributed by atoms with van der Waals surface area (Å²) >= 11 is 0. The number of rotatable bonds is 2. The predicted molar refractivity (Wildman–Crippen MR) is 91.0 cm³/mol. The van der Waals surface area contributed by atoms with Crippen LogP contribution < -0.4 is 4.90 Å². The lowest BCUT2D eigenvalue weighted by molar-refractivity contribution is 0.000337. The standard InChI is InChI=1S/C20H21NO/c1-19(2)17-10-6-7-11-18(17)21-14-15-22-20(19,21)13-12-16-8-4-3-5-9-16/h3-13H,14-15H2,1-2H3/b13-12+. The fourth-order valence-electron chi connectivity index (χ4n) is 3.90. The molecule has 2 nitrogen and oxygen atoms in total. The Hall–Kier alpha value is -2.06. The molecule has 1 saturated heterocycles. The van der Waals surface area contributed by atoms with E-state index in [-0.39, 0.29) is 11.1 Å². The van der Waals surface area contributed by atoms with Crippen LogP contribution in [0.4, 0.5) is 5.69 Å². The lowest BCUT2D eigenvalue weighted by Gasteiger charge is -2.39. The zero-order valence-electron chi connectivity index (χ0n) is 13.1. The third kappa shape index (κ3) is 1.71. The first-order valence-electron chi connectivity index (χ1n) is 7.90. The Morgan fingerprint density at radius 1 is 1.00 bits per heavy atom. The summed E-state index contributed by atoms with van der Waals surface area (Å²) in [6.45, 7) is 6.29. The van der Waals surface area contributed by atoms with Crippen molar-refractivity contribution in [2.24, 2.45) is 0 Å². The first-order chi connectivity index (χ1) is 10.7. The van der Waals surface area contributed by atoms with Crippen molar-refractivity contribution < 1.29 is 4.74 Å². The maximum Gasteiger partial charge on any atom is 0.170 e. The van der Waals surface area contributed by atoms with Crippen LogP contribution in [0.1, 0.15) is 25.0 Å². The molecule has 2 aromatic carbocycles. The third-order valence-corrected chi connectivity index (χ3v) is 5.10. The maximum atomic E-state index is 6.32. The smallest absolute Gasteiger partial charge is 0.170 e. The summed E-state index contributed by atoms with van der Waals surface area (Å²) in [5.74, 6) is 0. The van der Waals surface area contributed by atoms with Gasteiger partial charge >= 0.3 is 0 Å². The Balaban J connectivity index is 1.82. The van der Waals surface area contributed by atoms with Gasteiger partial charge in [-0.2, -0.15) is 0 Å². The predicted octanol–water partition coefficient (Wildman–Crippen LogP) is 4.22. The van der Waals surface area contributed by atoms with E-state index >= 15 is 0 Å². The Morgan fingerprint density at radius 2 is 1.73 bits per heavy atom. The summed E-state index contributed by atoms with van der Waals surface area (Å²) in [4.78, 5) is 2.42. The van der Waals surface area contributed by atoms with Crippen molar-refractivity contribution in [3.8, 4) is 0 Å². The number of hydrogen-bond donors (Lipinski definition) is 0. The van der Waals surface area contributed by atoms with Gasteiger partial charge in [-0.1, -0.05) is 68.5 Å². The second-order valence-corrected chi connectivity index (χ2v) is 6.58. The van der Waals surface area contributed by atoms with Crippen molar-refractivity contribution in [1.82, 2.24) is 0 Å². The highest BCUT2D eigenvalue weighted by Crippen LogP contribution is 2.54. The SMILES string of the molecule is CC1(C)c2ccccc2N2CCOC21/C=C/c1ccccc1. The molecule has 1 fully saturated rings. The van der Waals surface area contributed by atoms with Crippen LogP contribution in [0.25, 0.3) is 6.08 Å². The lowest BCUT2D eigenvalue weighted by Crippen LogP contribution is -2.51. The largest absolute Gasteiger partial charge is 0.349 e. The molecule has 0 amide bonds. The highest BCUT2D eigenvalue weighted by molar-refractivity contribution is 5.69. The van der Waals surface area contributed by atoms with Crippen LogP contribution in [0, 0.1) is 0 Å². The van der Waals surface area contributed by atoms with Crippen LogP contribution in [0.2, 0.25) is 0 Å². The lowest BCUT2D eigenvalue weighted by atomic mass is 9.77. The minimum absolute atomic E-state index is 0.0780. The van der Waals surface area contributed by atoms with Gasteiger partial charge < -0.3 is 9.64 Å². The zero-order chi connectivity index (χ0) is 15.2. The Labute approximate surface area is 132 Å². The van der Waals surface area contributed by atoms with Crippen molar-refractivity contribution in [1.29, 1.82) is 0 Å². The molecule has 0 spiro atoms. The summed E-state index contributed by atoms with van der Waals surface area (Å²) in [5.41, 5.74) is 3.42. The van der Waals surface area contributed by atoms with Crippen molar-refractivity contribution in [3.05, 3.63) is 71.8 Å². The normalized spacial score (nSPS) is 25.5. The van der Waals surface area contributed by atoms with Gasteiger partial charge in [0.1, 0.15) is 0 Å². The average Bonchev–Trinajstić information content (AvgIpc) is 3.05. The number of ether oxygens (including phenoxy) is 1. The summed E-state index contributed by atoms with van der Waals surface area (Å²) < 4.78 is 6.32. The third-order valence-electron chi connectivity index (χ3n) is 5.10. The van der Waals surface area contributed by atoms with Crippen molar-refractivity contribution in [3.63, 3.8) is 0 Å². The van der Waals surface area contributed by atoms with Crippen molar-refractivity contribution in [2.45, 2.75) is 25.0 Å². The molecule has 2 aliphatic heterocycles. The summed E-state index contributed by atoms with van der Waals surface area (Å²) in [6, 6.07) is 19.1. The minimum atomic E-state index is -0.382. The molecule has 0 saturated carbocycles. The topological polar surface area (TPSA) is 12.5 Å². The number of anilines is 1. The van der Waals surface area contributed by atoms with Crippen molar-refractivity contribution in [2.75, 3.05) is 18.1 Å². The molecule has 2 heterocycles. The van der Waals surface area contributed by atoms with E-state index in [9.17, 15) is 0 Å². The molecule has 1 atom stereocenters. The summed E-state index contributed by atoms with van der Waals surface area (Å²) in [5, 5.41) is 0. The molecule has 112 valence electrons. The second kappa shape index (κ2) is 4.72. The van der Waals surface area contributed by atoms with E-state index in [0.717, 1.165) is 13.2 Å². The molecule has 0 aromatic heterocycles. The van der Waals surface area contributed by atoms with E-state index in [1.54, 1.807) is 0 Å².